The van der Waals surface area contributed by atoms with Crippen molar-refractivity contribution in [3.05, 3.63) is 72.3 Å². The largest absolute Gasteiger partial charge is 0.253 e. The van der Waals surface area contributed by atoms with E-state index in [1.165, 1.54) is 0 Å². The van der Waals surface area contributed by atoms with Gasteiger partial charge < -0.3 is 0 Å². The van der Waals surface area contributed by atoms with E-state index in [2.05, 4.69) is 24.8 Å². The summed E-state index contributed by atoms with van der Waals surface area (Å²) >= 11 is 0. The lowest BCUT2D eigenvalue weighted by atomic mass is 10.1. The minimum absolute atomic E-state index is 0.978. The molecule has 0 unspecified atom stereocenters. The third kappa shape index (κ3) is 2.75. The molecule has 0 saturated carbocycles. The van der Waals surface area contributed by atoms with E-state index < -0.39 is 0 Å². The molecule has 0 fully saturated rings. The fourth-order valence-corrected chi connectivity index (χ4v) is 1.86. The Morgan fingerprint density at radius 3 is 2.17 bits per heavy atom. The fraction of sp³-hybridized carbons (Fsp3) is 0.118. The van der Waals surface area contributed by atoms with Crippen molar-refractivity contribution in [2.24, 2.45) is 4.99 Å². The topological polar surface area (TPSA) is 12.4 Å². The van der Waals surface area contributed by atoms with E-state index >= 15 is 0 Å². The SMILES string of the molecule is C=C(C)c1ccccc1N=C(C)c1ccccc1. The van der Waals surface area contributed by atoms with Crippen LogP contribution in [-0.2, 0) is 0 Å². The molecule has 0 radical (unpaired) electrons. The number of aliphatic imine (C=N–C) groups is 1. The van der Waals surface area contributed by atoms with Crippen LogP contribution in [0.25, 0.3) is 5.57 Å². The monoisotopic (exact) mass is 235 g/mol. The first kappa shape index (κ1) is 12.3. The number of para-hydroxylation sites is 1. The normalized spacial score (nSPS) is 11.3. The van der Waals surface area contributed by atoms with Crippen LogP contribution in [0.3, 0.4) is 0 Å². The van der Waals surface area contributed by atoms with Crippen molar-refractivity contribution in [1.29, 1.82) is 0 Å². The van der Waals surface area contributed by atoms with Gasteiger partial charge in [0, 0.05) is 11.3 Å². The first-order valence-corrected chi connectivity index (χ1v) is 6.04. The van der Waals surface area contributed by atoms with Crippen LogP contribution in [-0.4, -0.2) is 5.71 Å². The maximum Gasteiger partial charge on any atom is 0.0707 e. The predicted molar refractivity (Wildman–Crippen MR) is 79.5 cm³/mol. The summed E-state index contributed by atoms with van der Waals surface area (Å²) < 4.78 is 0. The van der Waals surface area contributed by atoms with Crippen molar-refractivity contribution in [1.82, 2.24) is 0 Å². The summed E-state index contributed by atoms with van der Waals surface area (Å²) in [5.41, 5.74) is 5.28. The smallest absolute Gasteiger partial charge is 0.0707 e. The van der Waals surface area contributed by atoms with Gasteiger partial charge in [0.25, 0.3) is 0 Å². The molecule has 1 heteroatoms. The van der Waals surface area contributed by atoms with Gasteiger partial charge >= 0.3 is 0 Å². The Morgan fingerprint density at radius 1 is 0.889 bits per heavy atom. The highest BCUT2D eigenvalue weighted by molar-refractivity contribution is 6.00. The molecule has 0 spiro atoms. The van der Waals surface area contributed by atoms with Crippen LogP contribution in [0.2, 0.25) is 0 Å². The van der Waals surface area contributed by atoms with Crippen LogP contribution in [0.1, 0.15) is 25.0 Å². The highest BCUT2D eigenvalue weighted by atomic mass is 14.7. The van der Waals surface area contributed by atoms with Gasteiger partial charge in [-0.3, -0.25) is 4.99 Å². The molecular formula is C17H17N. The van der Waals surface area contributed by atoms with E-state index in [1.807, 2.05) is 50.2 Å². The molecule has 0 bridgehead atoms. The molecule has 0 aliphatic heterocycles. The van der Waals surface area contributed by atoms with E-state index in [1.54, 1.807) is 0 Å². The van der Waals surface area contributed by atoms with Gasteiger partial charge in [-0.05, 0) is 31.1 Å². The molecule has 1 nitrogen and oxygen atoms in total. The minimum Gasteiger partial charge on any atom is -0.253 e. The molecule has 0 heterocycles. The number of hydrogen-bond donors (Lipinski definition) is 0. The Hall–Kier alpha value is -2.15. The zero-order valence-corrected chi connectivity index (χ0v) is 10.9. The quantitative estimate of drug-likeness (QED) is 0.674. The molecular weight excluding hydrogens is 218 g/mol. The van der Waals surface area contributed by atoms with Gasteiger partial charge in [-0.25, -0.2) is 0 Å². The second-order valence-electron chi connectivity index (χ2n) is 4.36. The predicted octanol–water partition coefficient (Wildman–Crippen LogP) is 4.86. The van der Waals surface area contributed by atoms with E-state index in [0.29, 0.717) is 0 Å². The third-order valence-electron chi connectivity index (χ3n) is 2.84. The van der Waals surface area contributed by atoms with Gasteiger partial charge in [0.2, 0.25) is 0 Å². The van der Waals surface area contributed by atoms with Crippen LogP contribution >= 0.6 is 0 Å². The van der Waals surface area contributed by atoms with Crippen molar-refractivity contribution in [3.8, 4) is 0 Å². The molecule has 0 saturated heterocycles. The summed E-state index contributed by atoms with van der Waals surface area (Å²) in [6, 6.07) is 18.3. The summed E-state index contributed by atoms with van der Waals surface area (Å²) in [7, 11) is 0. The fourth-order valence-electron chi connectivity index (χ4n) is 1.86. The van der Waals surface area contributed by atoms with Crippen molar-refractivity contribution in [3.63, 3.8) is 0 Å². The van der Waals surface area contributed by atoms with Crippen molar-refractivity contribution in [2.45, 2.75) is 13.8 Å². The van der Waals surface area contributed by atoms with Gasteiger partial charge in [-0.15, -0.1) is 0 Å². The summed E-state index contributed by atoms with van der Waals surface area (Å²) in [4.78, 5) is 4.71. The van der Waals surface area contributed by atoms with E-state index in [0.717, 1.165) is 28.1 Å². The number of rotatable bonds is 3. The van der Waals surface area contributed by atoms with Gasteiger partial charge in [0.15, 0.2) is 0 Å². The molecule has 2 rings (SSSR count). The standard InChI is InChI=1S/C17H17N/c1-13(2)16-11-7-8-12-17(16)18-14(3)15-9-5-4-6-10-15/h4-12H,1H2,2-3H3. The van der Waals surface area contributed by atoms with Crippen LogP contribution in [0.15, 0.2) is 66.2 Å². The maximum atomic E-state index is 4.71. The van der Waals surface area contributed by atoms with Crippen molar-refractivity contribution >= 4 is 17.0 Å². The molecule has 0 aromatic heterocycles. The Labute approximate surface area is 109 Å². The maximum absolute atomic E-state index is 4.71. The first-order chi connectivity index (χ1) is 8.68. The first-order valence-electron chi connectivity index (χ1n) is 6.04. The molecule has 18 heavy (non-hydrogen) atoms. The van der Waals surface area contributed by atoms with E-state index in [4.69, 9.17) is 4.99 Å². The third-order valence-corrected chi connectivity index (χ3v) is 2.84. The Morgan fingerprint density at radius 2 is 1.50 bits per heavy atom. The average molecular weight is 235 g/mol. The zero-order valence-electron chi connectivity index (χ0n) is 10.9. The van der Waals surface area contributed by atoms with Crippen LogP contribution < -0.4 is 0 Å². The minimum atomic E-state index is 0.978. The molecule has 0 atom stereocenters. The molecule has 2 aromatic rings. The van der Waals surface area contributed by atoms with Crippen molar-refractivity contribution in [2.75, 3.05) is 0 Å². The average Bonchev–Trinajstić information content (AvgIpc) is 2.40. The van der Waals surface area contributed by atoms with E-state index in [9.17, 15) is 0 Å². The summed E-state index contributed by atoms with van der Waals surface area (Å²) in [6.45, 7) is 8.04. The Bertz CT molecular complexity index is 580. The Balaban J connectivity index is 2.42. The second kappa shape index (κ2) is 5.46. The lowest BCUT2D eigenvalue weighted by Gasteiger charge is -2.06. The molecule has 0 N–H and O–H groups in total. The van der Waals surface area contributed by atoms with Gasteiger partial charge in [-0.1, -0.05) is 55.1 Å². The van der Waals surface area contributed by atoms with Crippen LogP contribution in [0, 0.1) is 0 Å². The lowest BCUT2D eigenvalue weighted by molar-refractivity contribution is 1.44. The second-order valence-corrected chi connectivity index (χ2v) is 4.36. The molecule has 90 valence electrons. The van der Waals surface area contributed by atoms with Crippen LogP contribution in [0.4, 0.5) is 5.69 Å². The summed E-state index contributed by atoms with van der Waals surface area (Å²) in [5.74, 6) is 0. The van der Waals surface area contributed by atoms with E-state index in [-0.39, 0.29) is 0 Å². The lowest BCUT2D eigenvalue weighted by Crippen LogP contribution is -1.93. The zero-order chi connectivity index (χ0) is 13.0. The van der Waals surface area contributed by atoms with Gasteiger partial charge in [-0.2, -0.15) is 0 Å². The highest BCUT2D eigenvalue weighted by Gasteiger charge is 2.02. The van der Waals surface area contributed by atoms with Gasteiger partial charge in [0.05, 0.1) is 5.69 Å². The number of benzene rings is 2. The Kier molecular flexibility index (Phi) is 3.73. The van der Waals surface area contributed by atoms with Crippen molar-refractivity contribution < 1.29 is 0 Å². The molecule has 0 aliphatic rings. The number of nitrogens with zero attached hydrogens (tertiary/aromatic N) is 1. The summed E-state index contributed by atoms with van der Waals surface area (Å²) in [6.07, 6.45) is 0. The molecule has 2 aromatic carbocycles. The molecule has 0 amide bonds. The number of allylic oxidation sites excluding steroid dienone is 1. The molecule has 0 aliphatic carbocycles. The number of hydrogen-bond acceptors (Lipinski definition) is 1. The highest BCUT2D eigenvalue weighted by Crippen LogP contribution is 2.25. The van der Waals surface area contributed by atoms with Gasteiger partial charge in [0.1, 0.15) is 0 Å². The van der Waals surface area contributed by atoms with Crippen LogP contribution in [0.5, 0.6) is 0 Å². The summed E-state index contributed by atoms with van der Waals surface area (Å²) in [5, 5.41) is 0.